The summed E-state index contributed by atoms with van der Waals surface area (Å²) < 4.78 is 0. The van der Waals surface area contributed by atoms with Crippen molar-refractivity contribution in [2.45, 2.75) is 26.3 Å². The summed E-state index contributed by atoms with van der Waals surface area (Å²) in [7, 11) is 0. The van der Waals surface area contributed by atoms with Crippen molar-refractivity contribution in [3.8, 4) is 0 Å². The average Bonchev–Trinajstić information content (AvgIpc) is 2.70. The van der Waals surface area contributed by atoms with E-state index in [0.29, 0.717) is 6.54 Å². The molecule has 0 fully saturated rings. The van der Waals surface area contributed by atoms with Crippen LogP contribution in [0.2, 0.25) is 0 Å². The molecule has 3 rings (SSSR count). The standard InChI is InChI=1S/C18H22N2/c1-14-6-7-18(17(12-14)13-19)20-10-8-15-4-2-3-5-16(15)9-11-20/h2-7,12H,8-11,13,19H2,1H3. The predicted octanol–water partition coefficient (Wildman–Crippen LogP) is 3.06. The molecule has 2 aromatic carbocycles. The third-order valence-electron chi connectivity index (χ3n) is 4.22. The number of nitrogens with zero attached hydrogens (tertiary/aromatic N) is 1. The topological polar surface area (TPSA) is 29.3 Å². The Balaban J connectivity index is 1.87. The van der Waals surface area contributed by atoms with Crippen molar-refractivity contribution < 1.29 is 0 Å². The largest absolute Gasteiger partial charge is 0.371 e. The number of aryl methyl sites for hydroxylation is 1. The Hall–Kier alpha value is -1.80. The van der Waals surface area contributed by atoms with Crippen LogP contribution >= 0.6 is 0 Å². The number of hydrogen-bond donors (Lipinski definition) is 1. The monoisotopic (exact) mass is 266 g/mol. The number of benzene rings is 2. The second-order valence-electron chi connectivity index (χ2n) is 5.59. The minimum atomic E-state index is 0.612. The minimum Gasteiger partial charge on any atom is -0.371 e. The number of rotatable bonds is 2. The van der Waals surface area contributed by atoms with E-state index in [1.807, 2.05) is 0 Å². The molecule has 0 atom stereocenters. The first-order valence-corrected chi connectivity index (χ1v) is 7.39. The quantitative estimate of drug-likeness (QED) is 0.905. The smallest absolute Gasteiger partial charge is 0.0412 e. The Kier molecular flexibility index (Phi) is 3.75. The molecule has 2 heteroatoms. The van der Waals surface area contributed by atoms with Crippen molar-refractivity contribution in [3.63, 3.8) is 0 Å². The van der Waals surface area contributed by atoms with Crippen LogP contribution in [-0.2, 0) is 19.4 Å². The fourth-order valence-electron chi connectivity index (χ4n) is 3.10. The SMILES string of the molecule is Cc1ccc(N2CCc3ccccc3CC2)c(CN)c1. The van der Waals surface area contributed by atoms with Gasteiger partial charge in [-0.25, -0.2) is 0 Å². The summed E-state index contributed by atoms with van der Waals surface area (Å²) in [5.74, 6) is 0. The molecule has 2 aromatic rings. The van der Waals surface area contributed by atoms with Gasteiger partial charge in [0.25, 0.3) is 0 Å². The van der Waals surface area contributed by atoms with E-state index in [2.05, 4.69) is 54.3 Å². The molecule has 0 spiro atoms. The lowest BCUT2D eigenvalue weighted by molar-refractivity contribution is 0.797. The molecule has 20 heavy (non-hydrogen) atoms. The Morgan fingerprint density at radius 3 is 2.25 bits per heavy atom. The van der Waals surface area contributed by atoms with E-state index in [0.717, 1.165) is 25.9 Å². The van der Waals surface area contributed by atoms with E-state index in [4.69, 9.17) is 5.73 Å². The Morgan fingerprint density at radius 1 is 1.00 bits per heavy atom. The summed E-state index contributed by atoms with van der Waals surface area (Å²) >= 11 is 0. The van der Waals surface area contributed by atoms with Crippen LogP contribution in [0.15, 0.2) is 42.5 Å². The maximum absolute atomic E-state index is 5.92. The minimum absolute atomic E-state index is 0.612. The lowest BCUT2D eigenvalue weighted by Crippen LogP contribution is -2.27. The maximum atomic E-state index is 5.92. The van der Waals surface area contributed by atoms with Gasteiger partial charge in [-0.05, 0) is 42.5 Å². The van der Waals surface area contributed by atoms with Crippen LogP contribution in [0, 0.1) is 6.92 Å². The Labute approximate surface area is 121 Å². The fourth-order valence-corrected chi connectivity index (χ4v) is 3.10. The molecule has 0 amide bonds. The Morgan fingerprint density at radius 2 is 1.65 bits per heavy atom. The van der Waals surface area contributed by atoms with E-state index in [9.17, 15) is 0 Å². The van der Waals surface area contributed by atoms with Crippen LogP contribution in [0.4, 0.5) is 5.69 Å². The molecule has 0 aliphatic carbocycles. The van der Waals surface area contributed by atoms with E-state index >= 15 is 0 Å². The fraction of sp³-hybridized carbons (Fsp3) is 0.333. The maximum Gasteiger partial charge on any atom is 0.0412 e. The molecule has 1 heterocycles. The van der Waals surface area contributed by atoms with Crippen molar-refractivity contribution >= 4 is 5.69 Å². The first-order valence-electron chi connectivity index (χ1n) is 7.39. The molecule has 0 bridgehead atoms. The number of fused-ring (bicyclic) bond motifs is 1. The molecule has 0 saturated heterocycles. The van der Waals surface area contributed by atoms with E-state index < -0.39 is 0 Å². The van der Waals surface area contributed by atoms with Gasteiger partial charge >= 0.3 is 0 Å². The average molecular weight is 266 g/mol. The van der Waals surface area contributed by atoms with Gasteiger partial charge in [0, 0.05) is 25.3 Å². The summed E-state index contributed by atoms with van der Waals surface area (Å²) in [6.45, 7) is 4.89. The highest BCUT2D eigenvalue weighted by molar-refractivity contribution is 5.55. The molecule has 1 aliphatic heterocycles. The highest BCUT2D eigenvalue weighted by Gasteiger charge is 2.15. The molecule has 0 unspecified atom stereocenters. The zero-order valence-electron chi connectivity index (χ0n) is 12.1. The lowest BCUT2D eigenvalue weighted by Gasteiger charge is -2.25. The molecule has 2 N–H and O–H groups in total. The van der Waals surface area contributed by atoms with Crippen LogP contribution in [0.3, 0.4) is 0 Å². The van der Waals surface area contributed by atoms with Gasteiger partial charge in [-0.1, -0.05) is 42.0 Å². The zero-order chi connectivity index (χ0) is 13.9. The second-order valence-corrected chi connectivity index (χ2v) is 5.59. The van der Waals surface area contributed by atoms with E-state index in [1.165, 1.54) is 27.9 Å². The predicted molar refractivity (Wildman–Crippen MR) is 85.1 cm³/mol. The Bertz CT molecular complexity index is 577. The van der Waals surface area contributed by atoms with Gasteiger partial charge in [0.15, 0.2) is 0 Å². The molecule has 2 nitrogen and oxygen atoms in total. The van der Waals surface area contributed by atoms with Gasteiger partial charge in [-0.3, -0.25) is 0 Å². The van der Waals surface area contributed by atoms with Crippen molar-refractivity contribution in [2.24, 2.45) is 5.73 Å². The highest BCUT2D eigenvalue weighted by Crippen LogP contribution is 2.25. The van der Waals surface area contributed by atoms with Gasteiger partial charge in [-0.15, -0.1) is 0 Å². The lowest BCUT2D eigenvalue weighted by atomic mass is 10.0. The normalized spacial score (nSPS) is 14.8. The number of anilines is 1. The van der Waals surface area contributed by atoms with Crippen LogP contribution in [0.1, 0.15) is 22.3 Å². The van der Waals surface area contributed by atoms with Gasteiger partial charge in [-0.2, -0.15) is 0 Å². The third kappa shape index (κ3) is 2.56. The van der Waals surface area contributed by atoms with Crippen LogP contribution < -0.4 is 10.6 Å². The van der Waals surface area contributed by atoms with Gasteiger partial charge < -0.3 is 10.6 Å². The first-order chi connectivity index (χ1) is 9.78. The molecule has 0 radical (unpaired) electrons. The van der Waals surface area contributed by atoms with Crippen molar-refractivity contribution in [1.29, 1.82) is 0 Å². The van der Waals surface area contributed by atoms with Crippen LogP contribution in [0.25, 0.3) is 0 Å². The number of hydrogen-bond acceptors (Lipinski definition) is 2. The zero-order valence-corrected chi connectivity index (χ0v) is 12.1. The van der Waals surface area contributed by atoms with E-state index in [1.54, 1.807) is 0 Å². The van der Waals surface area contributed by atoms with Gasteiger partial charge in [0.1, 0.15) is 0 Å². The summed E-state index contributed by atoms with van der Waals surface area (Å²) in [6.07, 6.45) is 2.24. The van der Waals surface area contributed by atoms with Gasteiger partial charge in [0.2, 0.25) is 0 Å². The van der Waals surface area contributed by atoms with Crippen molar-refractivity contribution in [2.75, 3.05) is 18.0 Å². The molecule has 0 saturated carbocycles. The molecule has 1 aliphatic rings. The summed E-state index contributed by atoms with van der Waals surface area (Å²) in [5.41, 5.74) is 12.8. The van der Waals surface area contributed by atoms with Crippen LogP contribution in [0.5, 0.6) is 0 Å². The number of nitrogens with two attached hydrogens (primary N) is 1. The van der Waals surface area contributed by atoms with Crippen molar-refractivity contribution in [1.82, 2.24) is 0 Å². The second kappa shape index (κ2) is 5.68. The molecular formula is C18H22N2. The van der Waals surface area contributed by atoms with Crippen LogP contribution in [-0.4, -0.2) is 13.1 Å². The first kappa shape index (κ1) is 13.2. The molecular weight excluding hydrogens is 244 g/mol. The molecule has 0 aromatic heterocycles. The summed E-state index contributed by atoms with van der Waals surface area (Å²) in [6, 6.07) is 15.4. The third-order valence-corrected chi connectivity index (χ3v) is 4.22. The molecule has 104 valence electrons. The summed E-state index contributed by atoms with van der Waals surface area (Å²) in [4.78, 5) is 2.49. The highest BCUT2D eigenvalue weighted by atomic mass is 15.1. The summed E-state index contributed by atoms with van der Waals surface area (Å²) in [5, 5.41) is 0. The van der Waals surface area contributed by atoms with Gasteiger partial charge in [0.05, 0.1) is 0 Å². The van der Waals surface area contributed by atoms with E-state index in [-0.39, 0.29) is 0 Å². The van der Waals surface area contributed by atoms with Crippen molar-refractivity contribution in [3.05, 3.63) is 64.7 Å².